The predicted octanol–water partition coefficient (Wildman–Crippen LogP) is 3.47. The first-order chi connectivity index (χ1) is 8.58. The highest BCUT2D eigenvalue weighted by Crippen LogP contribution is 2.23. The second kappa shape index (κ2) is 5.83. The number of ether oxygens (including phenoxy) is 1. The molecule has 0 aromatic heterocycles. The molecule has 0 unspecified atom stereocenters. The number of benzene rings is 1. The lowest BCUT2D eigenvalue weighted by Crippen LogP contribution is -2.25. The van der Waals surface area contributed by atoms with E-state index in [9.17, 15) is 17.7 Å². The number of halogens is 3. The van der Waals surface area contributed by atoms with Crippen molar-refractivity contribution in [2.24, 2.45) is 4.40 Å². The van der Waals surface area contributed by atoms with Crippen LogP contribution in [0.15, 0.2) is 28.7 Å². The fourth-order valence-electron chi connectivity index (χ4n) is 1.06. The maximum atomic E-state index is 12.0. The first-order valence-electron chi connectivity index (χ1n) is 5.40. The molecule has 3 nitrogen and oxygen atoms in total. The monoisotopic (exact) mass is 293 g/mol. The third kappa shape index (κ3) is 5.98. The minimum Gasteiger partial charge on any atom is -0.591 e. The molecule has 0 aliphatic rings. The summed E-state index contributed by atoms with van der Waals surface area (Å²) in [6, 6.07) is 5.32. The Morgan fingerprint density at radius 1 is 1.26 bits per heavy atom. The SMILES string of the molecule is CC(C)(C)[S@@+]([O-])/N=C\c1cccc(OC(F)(F)F)c1. The van der Waals surface area contributed by atoms with Crippen LogP contribution in [-0.4, -0.2) is 21.9 Å². The van der Waals surface area contributed by atoms with Crippen molar-refractivity contribution in [1.29, 1.82) is 0 Å². The smallest absolute Gasteiger partial charge is 0.573 e. The van der Waals surface area contributed by atoms with Crippen LogP contribution < -0.4 is 4.74 Å². The fraction of sp³-hybridized carbons (Fsp3) is 0.417. The maximum Gasteiger partial charge on any atom is 0.573 e. The Labute approximate surface area is 112 Å². The van der Waals surface area contributed by atoms with Crippen molar-refractivity contribution in [2.45, 2.75) is 31.9 Å². The number of alkyl halides is 3. The van der Waals surface area contributed by atoms with Crippen LogP contribution in [0.4, 0.5) is 13.2 Å². The standard InChI is InChI=1S/C12H14F3NO2S/c1-11(2,3)19(17)16-8-9-5-4-6-10(7-9)18-12(13,14)15/h4-8H,1-3H3/b16-8-/t19-/m1/s1. The Balaban J connectivity index is 2.80. The van der Waals surface area contributed by atoms with Gasteiger partial charge in [-0.25, -0.2) is 0 Å². The highest BCUT2D eigenvalue weighted by atomic mass is 32.2. The van der Waals surface area contributed by atoms with Crippen LogP contribution in [0.3, 0.4) is 0 Å². The number of hydrogen-bond donors (Lipinski definition) is 0. The third-order valence-corrected chi connectivity index (χ3v) is 3.26. The molecule has 106 valence electrons. The highest BCUT2D eigenvalue weighted by molar-refractivity contribution is 7.91. The molecule has 7 heteroatoms. The number of nitrogens with zero attached hydrogens (tertiary/aromatic N) is 1. The average Bonchev–Trinajstić information content (AvgIpc) is 2.22. The van der Waals surface area contributed by atoms with E-state index in [4.69, 9.17) is 0 Å². The molecule has 0 N–H and O–H groups in total. The summed E-state index contributed by atoms with van der Waals surface area (Å²) in [5, 5.41) is 0. The number of hydrogen-bond acceptors (Lipinski definition) is 3. The van der Waals surface area contributed by atoms with Crippen LogP contribution in [0.25, 0.3) is 0 Å². The molecule has 0 saturated heterocycles. The Kier molecular flexibility index (Phi) is 4.86. The van der Waals surface area contributed by atoms with Crippen molar-refractivity contribution in [2.75, 3.05) is 0 Å². The van der Waals surface area contributed by atoms with E-state index in [1.54, 1.807) is 26.8 Å². The van der Waals surface area contributed by atoms with E-state index in [0.717, 1.165) is 0 Å². The molecule has 1 aromatic carbocycles. The zero-order valence-corrected chi connectivity index (χ0v) is 11.5. The van der Waals surface area contributed by atoms with Crippen LogP contribution in [0.1, 0.15) is 26.3 Å². The van der Waals surface area contributed by atoms with Crippen LogP contribution in [0.5, 0.6) is 5.75 Å². The molecule has 0 spiro atoms. The number of rotatable bonds is 3. The van der Waals surface area contributed by atoms with Gasteiger partial charge in [0.2, 0.25) is 0 Å². The molecule has 0 heterocycles. The van der Waals surface area contributed by atoms with Gasteiger partial charge in [-0.1, -0.05) is 16.5 Å². The second-order valence-corrected chi connectivity index (χ2v) is 6.65. The van der Waals surface area contributed by atoms with Gasteiger partial charge in [0.05, 0.1) is 6.21 Å². The third-order valence-electron chi connectivity index (χ3n) is 1.91. The maximum absolute atomic E-state index is 12.0. The quantitative estimate of drug-likeness (QED) is 0.632. The Morgan fingerprint density at radius 2 is 1.89 bits per heavy atom. The second-order valence-electron chi connectivity index (χ2n) is 4.72. The Morgan fingerprint density at radius 3 is 2.42 bits per heavy atom. The van der Waals surface area contributed by atoms with Crippen molar-refractivity contribution in [3.05, 3.63) is 29.8 Å². The molecule has 1 rings (SSSR count). The summed E-state index contributed by atoms with van der Waals surface area (Å²) in [5.41, 5.74) is 0.388. The summed E-state index contributed by atoms with van der Waals surface area (Å²) < 4.78 is 54.8. The molecule has 1 atom stereocenters. The summed E-state index contributed by atoms with van der Waals surface area (Å²) >= 11 is -1.46. The normalized spacial score (nSPS) is 14.7. The highest BCUT2D eigenvalue weighted by Gasteiger charge is 2.31. The van der Waals surface area contributed by atoms with Gasteiger partial charge < -0.3 is 9.29 Å². The summed E-state index contributed by atoms with van der Waals surface area (Å²) in [6.45, 7) is 5.26. The minimum absolute atomic E-state index is 0.335. The van der Waals surface area contributed by atoms with Crippen LogP contribution in [0, 0.1) is 0 Å². The fourth-order valence-corrected chi connectivity index (χ4v) is 1.59. The van der Waals surface area contributed by atoms with Crippen molar-refractivity contribution in [3.63, 3.8) is 0 Å². The average molecular weight is 293 g/mol. The van der Waals surface area contributed by atoms with Gasteiger partial charge in [0.1, 0.15) is 21.9 Å². The van der Waals surface area contributed by atoms with Crippen molar-refractivity contribution in [1.82, 2.24) is 0 Å². The van der Waals surface area contributed by atoms with Crippen LogP contribution in [0.2, 0.25) is 0 Å². The zero-order chi connectivity index (χ0) is 14.7. The van der Waals surface area contributed by atoms with Crippen molar-refractivity contribution in [3.8, 4) is 5.75 Å². The zero-order valence-electron chi connectivity index (χ0n) is 10.7. The lowest BCUT2D eigenvalue weighted by Gasteiger charge is -2.17. The van der Waals surface area contributed by atoms with Gasteiger partial charge in [-0.15, -0.1) is 13.2 Å². The molecule has 0 fully saturated rings. The van der Waals surface area contributed by atoms with E-state index in [1.165, 1.54) is 24.4 Å². The van der Waals surface area contributed by atoms with E-state index < -0.39 is 22.5 Å². The van der Waals surface area contributed by atoms with Gasteiger partial charge in [0, 0.05) is 5.56 Å². The molecule has 19 heavy (non-hydrogen) atoms. The van der Waals surface area contributed by atoms with E-state index in [2.05, 4.69) is 9.13 Å². The summed E-state index contributed by atoms with van der Waals surface area (Å²) in [7, 11) is 0. The first kappa shape index (κ1) is 15.8. The van der Waals surface area contributed by atoms with Crippen molar-refractivity contribution < 1.29 is 22.5 Å². The van der Waals surface area contributed by atoms with Crippen LogP contribution in [-0.2, 0) is 11.4 Å². The predicted molar refractivity (Wildman–Crippen MR) is 68.6 cm³/mol. The van der Waals surface area contributed by atoms with E-state index in [1.807, 2.05) is 0 Å². The first-order valence-corrected chi connectivity index (χ1v) is 6.50. The molecule has 0 aliphatic carbocycles. The van der Waals surface area contributed by atoms with Gasteiger partial charge in [-0.3, -0.25) is 0 Å². The molecule has 0 bridgehead atoms. The molecule has 0 radical (unpaired) electrons. The molecule has 0 saturated carbocycles. The molecular formula is C12H14F3NO2S. The summed E-state index contributed by atoms with van der Waals surface area (Å²) in [4.78, 5) is 0. The summed E-state index contributed by atoms with van der Waals surface area (Å²) in [5.74, 6) is -0.335. The van der Waals surface area contributed by atoms with Gasteiger partial charge in [0.15, 0.2) is 0 Å². The Bertz CT molecular complexity index is 455. The lowest BCUT2D eigenvalue weighted by atomic mass is 10.2. The topological polar surface area (TPSA) is 44.7 Å². The van der Waals surface area contributed by atoms with Gasteiger partial charge in [-0.05, 0) is 32.9 Å². The van der Waals surface area contributed by atoms with E-state index in [0.29, 0.717) is 5.56 Å². The van der Waals surface area contributed by atoms with Crippen LogP contribution >= 0.6 is 0 Å². The van der Waals surface area contributed by atoms with Crippen molar-refractivity contribution >= 4 is 17.6 Å². The molecule has 1 aromatic rings. The summed E-state index contributed by atoms with van der Waals surface area (Å²) in [6.07, 6.45) is -3.46. The van der Waals surface area contributed by atoms with Gasteiger partial charge in [0.25, 0.3) is 0 Å². The largest absolute Gasteiger partial charge is 0.591 e. The van der Waals surface area contributed by atoms with E-state index >= 15 is 0 Å². The molecule has 0 amide bonds. The Hall–Kier alpha value is -1.21. The van der Waals surface area contributed by atoms with E-state index in [-0.39, 0.29) is 5.75 Å². The minimum atomic E-state index is -4.73. The van der Waals surface area contributed by atoms with Gasteiger partial charge >= 0.3 is 6.36 Å². The lowest BCUT2D eigenvalue weighted by molar-refractivity contribution is -0.274. The molecule has 0 aliphatic heterocycles. The van der Waals surface area contributed by atoms with Gasteiger partial charge in [-0.2, -0.15) is 0 Å². The molecular weight excluding hydrogens is 279 g/mol.